The summed E-state index contributed by atoms with van der Waals surface area (Å²) in [7, 11) is 1.57. The number of nitrogens with one attached hydrogen (secondary N) is 2. The maximum Gasteiger partial charge on any atom is 0.228 e. The number of benzene rings is 1. The summed E-state index contributed by atoms with van der Waals surface area (Å²) >= 11 is 6.02. The van der Waals surface area contributed by atoms with E-state index in [2.05, 4.69) is 10.6 Å². The summed E-state index contributed by atoms with van der Waals surface area (Å²) in [5.74, 6) is 0.479. The van der Waals surface area contributed by atoms with Gasteiger partial charge in [-0.15, -0.1) is 0 Å². The molecule has 0 fully saturated rings. The van der Waals surface area contributed by atoms with Gasteiger partial charge in [0.05, 0.1) is 17.8 Å². The van der Waals surface area contributed by atoms with Crippen LogP contribution < -0.4 is 15.4 Å². The molecule has 2 N–H and O–H groups in total. The summed E-state index contributed by atoms with van der Waals surface area (Å²) in [6.45, 7) is 5.36. The van der Waals surface area contributed by atoms with E-state index < -0.39 is 0 Å². The van der Waals surface area contributed by atoms with Gasteiger partial charge in [0.15, 0.2) is 0 Å². The molecule has 1 aromatic carbocycles. The molecule has 0 radical (unpaired) electrons. The molecule has 1 aromatic rings. The van der Waals surface area contributed by atoms with Crippen molar-refractivity contribution in [2.45, 2.75) is 13.8 Å². The number of carbonyl (C=O) groups excluding carboxylic acids is 1. The number of halogens is 1. The molecule has 1 atom stereocenters. The molecule has 0 bridgehead atoms. The largest absolute Gasteiger partial charge is 0.497 e. The number of methoxy groups -OCH3 is 1. The van der Waals surface area contributed by atoms with Crippen molar-refractivity contribution in [2.75, 3.05) is 25.5 Å². The van der Waals surface area contributed by atoms with Crippen LogP contribution >= 0.6 is 11.6 Å². The minimum absolute atomic E-state index is 0.0638. The monoisotopic (exact) mass is 270 g/mol. The molecule has 1 amide bonds. The second kappa shape index (κ2) is 7.24. The first-order chi connectivity index (χ1) is 8.58. The van der Waals surface area contributed by atoms with Crippen molar-refractivity contribution < 1.29 is 9.53 Å². The Morgan fingerprint density at radius 2 is 2.22 bits per heavy atom. The SMILES string of the molecule is CCNCC(C)C(=O)Nc1cc(OC)ccc1Cl. The summed E-state index contributed by atoms with van der Waals surface area (Å²) in [4.78, 5) is 11.9. The molecule has 0 aliphatic heterocycles. The summed E-state index contributed by atoms with van der Waals surface area (Å²) in [6.07, 6.45) is 0. The maximum absolute atomic E-state index is 11.9. The average molecular weight is 271 g/mol. The molecule has 0 spiro atoms. The van der Waals surface area contributed by atoms with Crippen molar-refractivity contribution in [1.82, 2.24) is 5.32 Å². The third-order valence-electron chi connectivity index (χ3n) is 2.58. The van der Waals surface area contributed by atoms with Crippen LogP contribution in [0.2, 0.25) is 5.02 Å². The Kier molecular flexibility index (Phi) is 5.95. The van der Waals surface area contributed by atoms with E-state index in [-0.39, 0.29) is 11.8 Å². The first kappa shape index (κ1) is 14.8. The van der Waals surface area contributed by atoms with Gasteiger partial charge in [0.1, 0.15) is 5.75 Å². The van der Waals surface area contributed by atoms with E-state index in [1.54, 1.807) is 25.3 Å². The lowest BCUT2D eigenvalue weighted by Gasteiger charge is -2.14. The number of ether oxygens (including phenoxy) is 1. The van der Waals surface area contributed by atoms with Crippen LogP contribution in [0.5, 0.6) is 5.75 Å². The summed E-state index contributed by atoms with van der Waals surface area (Å²) in [5.41, 5.74) is 0.573. The molecular weight excluding hydrogens is 252 g/mol. The van der Waals surface area contributed by atoms with Crippen LogP contribution in [-0.2, 0) is 4.79 Å². The van der Waals surface area contributed by atoms with Gasteiger partial charge in [-0.1, -0.05) is 25.4 Å². The van der Waals surface area contributed by atoms with Gasteiger partial charge in [0.25, 0.3) is 0 Å². The molecule has 0 aliphatic carbocycles. The minimum Gasteiger partial charge on any atom is -0.497 e. The highest BCUT2D eigenvalue weighted by atomic mass is 35.5. The summed E-state index contributed by atoms with van der Waals surface area (Å²) < 4.78 is 5.09. The van der Waals surface area contributed by atoms with Crippen LogP contribution in [-0.4, -0.2) is 26.1 Å². The fourth-order valence-corrected chi connectivity index (χ4v) is 1.60. The van der Waals surface area contributed by atoms with Crippen LogP contribution in [0.4, 0.5) is 5.69 Å². The van der Waals surface area contributed by atoms with E-state index in [1.807, 2.05) is 13.8 Å². The standard InChI is InChI=1S/C13H19ClN2O2/c1-4-15-8-9(2)13(17)16-12-7-10(18-3)5-6-11(12)14/h5-7,9,15H,4,8H2,1-3H3,(H,16,17). The third-order valence-corrected chi connectivity index (χ3v) is 2.91. The Hall–Kier alpha value is -1.26. The van der Waals surface area contributed by atoms with Crippen LogP contribution in [0.25, 0.3) is 0 Å². The van der Waals surface area contributed by atoms with Gasteiger partial charge in [-0.25, -0.2) is 0 Å². The normalized spacial score (nSPS) is 12.0. The molecule has 0 saturated carbocycles. The van der Waals surface area contributed by atoms with Gasteiger partial charge in [-0.2, -0.15) is 0 Å². The lowest BCUT2D eigenvalue weighted by Crippen LogP contribution is -2.30. The number of hydrogen-bond donors (Lipinski definition) is 2. The lowest BCUT2D eigenvalue weighted by molar-refractivity contribution is -0.119. The lowest BCUT2D eigenvalue weighted by atomic mass is 10.1. The molecule has 4 nitrogen and oxygen atoms in total. The first-order valence-corrected chi connectivity index (χ1v) is 6.31. The van der Waals surface area contributed by atoms with Gasteiger partial charge in [-0.05, 0) is 18.7 Å². The van der Waals surface area contributed by atoms with Gasteiger partial charge < -0.3 is 15.4 Å². The first-order valence-electron chi connectivity index (χ1n) is 5.93. The van der Waals surface area contributed by atoms with Crippen molar-refractivity contribution in [3.63, 3.8) is 0 Å². The number of anilines is 1. The predicted molar refractivity (Wildman–Crippen MR) is 74.3 cm³/mol. The van der Waals surface area contributed by atoms with E-state index in [4.69, 9.17) is 16.3 Å². The molecule has 1 unspecified atom stereocenters. The Balaban J connectivity index is 2.68. The van der Waals surface area contributed by atoms with E-state index in [0.717, 1.165) is 6.54 Å². The fraction of sp³-hybridized carbons (Fsp3) is 0.462. The summed E-state index contributed by atoms with van der Waals surface area (Å²) in [5, 5.41) is 6.44. The fourth-order valence-electron chi connectivity index (χ4n) is 1.44. The van der Waals surface area contributed by atoms with E-state index in [9.17, 15) is 4.79 Å². The molecule has 100 valence electrons. The van der Waals surface area contributed by atoms with Crippen molar-refractivity contribution in [2.24, 2.45) is 5.92 Å². The number of carbonyl (C=O) groups is 1. The molecular formula is C13H19ClN2O2. The molecule has 1 rings (SSSR count). The smallest absolute Gasteiger partial charge is 0.228 e. The van der Waals surface area contributed by atoms with Gasteiger partial charge >= 0.3 is 0 Å². The van der Waals surface area contributed by atoms with Gasteiger partial charge in [0, 0.05) is 18.5 Å². The van der Waals surface area contributed by atoms with Crippen LogP contribution in [0.1, 0.15) is 13.8 Å². The van der Waals surface area contributed by atoms with Crippen molar-refractivity contribution >= 4 is 23.2 Å². The van der Waals surface area contributed by atoms with Gasteiger partial charge in [0.2, 0.25) is 5.91 Å². The number of amides is 1. The third kappa shape index (κ3) is 4.20. The molecule has 0 heterocycles. The second-order valence-corrected chi connectivity index (χ2v) is 4.45. The molecule has 0 saturated heterocycles. The molecule has 0 aliphatic rings. The van der Waals surface area contributed by atoms with Gasteiger partial charge in [-0.3, -0.25) is 4.79 Å². The zero-order valence-electron chi connectivity index (χ0n) is 10.9. The molecule has 18 heavy (non-hydrogen) atoms. The van der Waals surface area contributed by atoms with Crippen molar-refractivity contribution in [3.8, 4) is 5.75 Å². The number of rotatable bonds is 6. The zero-order chi connectivity index (χ0) is 13.5. The highest BCUT2D eigenvalue weighted by Crippen LogP contribution is 2.26. The van der Waals surface area contributed by atoms with Crippen LogP contribution in [0.3, 0.4) is 0 Å². The Morgan fingerprint density at radius 3 is 2.83 bits per heavy atom. The Bertz CT molecular complexity index is 410. The minimum atomic E-state index is -0.118. The maximum atomic E-state index is 11.9. The molecule has 5 heteroatoms. The Morgan fingerprint density at radius 1 is 1.50 bits per heavy atom. The second-order valence-electron chi connectivity index (χ2n) is 4.04. The average Bonchev–Trinajstić information content (AvgIpc) is 2.38. The van der Waals surface area contributed by atoms with Crippen molar-refractivity contribution in [1.29, 1.82) is 0 Å². The predicted octanol–water partition coefficient (Wildman–Crippen LogP) is 2.53. The van der Waals surface area contributed by atoms with Crippen LogP contribution in [0.15, 0.2) is 18.2 Å². The highest BCUT2D eigenvalue weighted by Gasteiger charge is 2.14. The number of hydrogen-bond acceptors (Lipinski definition) is 3. The van der Waals surface area contributed by atoms with Crippen molar-refractivity contribution in [3.05, 3.63) is 23.2 Å². The highest BCUT2D eigenvalue weighted by molar-refractivity contribution is 6.33. The van der Waals surface area contributed by atoms with E-state index in [0.29, 0.717) is 23.0 Å². The summed E-state index contributed by atoms with van der Waals surface area (Å²) in [6, 6.07) is 5.16. The van der Waals surface area contributed by atoms with E-state index >= 15 is 0 Å². The molecule has 0 aromatic heterocycles. The Labute approximate surface area is 113 Å². The quantitative estimate of drug-likeness (QED) is 0.835. The van der Waals surface area contributed by atoms with E-state index in [1.165, 1.54) is 0 Å². The van der Waals surface area contributed by atoms with Crippen LogP contribution in [0, 0.1) is 5.92 Å². The topological polar surface area (TPSA) is 50.4 Å². The zero-order valence-corrected chi connectivity index (χ0v) is 11.7.